The normalized spacial score (nSPS) is 10.5. The van der Waals surface area contributed by atoms with Crippen LogP contribution in [0.4, 0.5) is 5.82 Å². The molecule has 0 saturated carbocycles. The fourth-order valence-corrected chi connectivity index (χ4v) is 2.83. The van der Waals surface area contributed by atoms with Gasteiger partial charge in [-0.3, -0.25) is 4.98 Å². The number of nitrogens with zero attached hydrogens (tertiary/aromatic N) is 4. The molecule has 168 valence electrons. The molecule has 3 heterocycles. The van der Waals surface area contributed by atoms with Crippen LogP contribution in [-0.4, -0.2) is 48.8 Å². The quantitative estimate of drug-likeness (QED) is 0.365. The van der Waals surface area contributed by atoms with Gasteiger partial charge in [0.25, 0.3) is 0 Å². The van der Waals surface area contributed by atoms with Crippen molar-refractivity contribution in [1.82, 2.24) is 19.6 Å². The lowest BCUT2D eigenvalue weighted by molar-refractivity contribution is -0.134. The van der Waals surface area contributed by atoms with Gasteiger partial charge < -0.3 is 20.3 Å². The van der Waals surface area contributed by atoms with E-state index in [0.29, 0.717) is 18.7 Å². The summed E-state index contributed by atoms with van der Waals surface area (Å²) in [5.41, 5.74) is 3.57. The molecule has 3 N–H and O–H groups in total. The van der Waals surface area contributed by atoms with Crippen LogP contribution >= 0.6 is 0 Å². The number of fused-ring (bicyclic) bond motifs is 1. The Morgan fingerprint density at radius 2 is 1.73 bits per heavy atom. The number of carbonyl (C=O) groups is 2. The number of rotatable bonds is 7. The van der Waals surface area contributed by atoms with Crippen molar-refractivity contribution < 1.29 is 24.5 Å². The first-order chi connectivity index (χ1) is 16.0. The predicted octanol–water partition coefficient (Wildman–Crippen LogP) is 3.12. The molecule has 0 aliphatic carbocycles. The summed E-state index contributed by atoms with van der Waals surface area (Å²) in [4.78, 5) is 27.8. The van der Waals surface area contributed by atoms with E-state index in [9.17, 15) is 9.59 Å². The maximum Gasteiger partial charge on any atom is 0.328 e. The molecule has 4 aromatic rings. The summed E-state index contributed by atoms with van der Waals surface area (Å²) < 4.78 is 7.28. The number of pyridine rings is 1. The van der Waals surface area contributed by atoms with Gasteiger partial charge in [-0.15, -0.1) is 5.10 Å². The van der Waals surface area contributed by atoms with Crippen LogP contribution in [0.25, 0.3) is 16.9 Å². The third-order valence-corrected chi connectivity index (χ3v) is 4.29. The van der Waals surface area contributed by atoms with Crippen LogP contribution in [0.3, 0.4) is 0 Å². The minimum atomic E-state index is -1.26. The van der Waals surface area contributed by atoms with Crippen molar-refractivity contribution in [2.75, 3.05) is 12.4 Å². The van der Waals surface area contributed by atoms with Gasteiger partial charge in [0, 0.05) is 23.9 Å². The van der Waals surface area contributed by atoms with Gasteiger partial charge in [0.15, 0.2) is 5.65 Å². The van der Waals surface area contributed by atoms with E-state index < -0.39 is 11.9 Å². The molecule has 0 aliphatic rings. The van der Waals surface area contributed by atoms with Crippen LogP contribution in [-0.2, 0) is 16.1 Å². The number of carboxylic acid groups (broad SMARTS) is 2. The number of hydrogen-bond donors (Lipinski definition) is 3. The Bertz CT molecular complexity index is 1250. The molecule has 10 heteroatoms. The van der Waals surface area contributed by atoms with Crippen molar-refractivity contribution in [2.45, 2.75) is 6.54 Å². The molecule has 4 rings (SSSR count). The Hall–Kier alpha value is -4.73. The van der Waals surface area contributed by atoms with Crippen LogP contribution in [0.1, 0.15) is 5.69 Å². The molecule has 3 aromatic heterocycles. The number of carboxylic acids is 2. The van der Waals surface area contributed by atoms with Crippen molar-refractivity contribution in [3.63, 3.8) is 0 Å². The molecule has 10 nitrogen and oxygen atoms in total. The fraction of sp³-hybridized carbons (Fsp3) is 0.0870. The lowest BCUT2D eigenvalue weighted by Gasteiger charge is -2.09. The smallest absolute Gasteiger partial charge is 0.328 e. The molecule has 0 spiro atoms. The zero-order valence-corrected chi connectivity index (χ0v) is 17.6. The summed E-state index contributed by atoms with van der Waals surface area (Å²) in [6.45, 7) is 0.609. The number of aromatic nitrogens is 4. The molecule has 0 aliphatic heterocycles. The highest BCUT2D eigenvalue weighted by atomic mass is 16.5. The zero-order chi connectivity index (χ0) is 23.6. The molecule has 0 fully saturated rings. The Labute approximate surface area is 188 Å². The molecule has 0 bridgehead atoms. The number of hydrogen-bond acceptors (Lipinski definition) is 7. The van der Waals surface area contributed by atoms with E-state index in [2.05, 4.69) is 20.4 Å². The topological polar surface area (TPSA) is 139 Å². The predicted molar refractivity (Wildman–Crippen MR) is 121 cm³/mol. The van der Waals surface area contributed by atoms with E-state index in [-0.39, 0.29) is 0 Å². The third-order valence-electron chi connectivity index (χ3n) is 4.29. The fourth-order valence-electron chi connectivity index (χ4n) is 2.83. The average Bonchev–Trinajstić information content (AvgIpc) is 3.25. The van der Waals surface area contributed by atoms with Crippen LogP contribution in [0.5, 0.6) is 5.75 Å². The Balaban J connectivity index is 0.000000331. The second-order valence-electron chi connectivity index (χ2n) is 6.52. The minimum Gasteiger partial charge on any atom is -0.496 e. The highest BCUT2D eigenvalue weighted by Crippen LogP contribution is 2.29. The van der Waals surface area contributed by atoms with Gasteiger partial charge in [0.2, 0.25) is 0 Å². The van der Waals surface area contributed by atoms with Crippen LogP contribution in [0, 0.1) is 0 Å². The molecular formula is C23H21N5O5. The first kappa shape index (κ1) is 22.9. The maximum atomic E-state index is 9.55. The first-order valence-corrected chi connectivity index (χ1v) is 9.74. The Kier molecular flexibility index (Phi) is 7.68. The maximum absolute atomic E-state index is 9.55. The van der Waals surface area contributed by atoms with E-state index in [1.807, 2.05) is 65.3 Å². The molecule has 1 aromatic carbocycles. The number of nitrogens with one attached hydrogen (secondary N) is 1. The number of ether oxygens (including phenoxy) is 1. The molecule has 33 heavy (non-hydrogen) atoms. The largest absolute Gasteiger partial charge is 0.496 e. The molecule has 0 unspecified atom stereocenters. The van der Waals surface area contributed by atoms with Gasteiger partial charge in [0.05, 0.1) is 31.2 Å². The minimum absolute atomic E-state index is 0.558. The van der Waals surface area contributed by atoms with Crippen LogP contribution in [0.2, 0.25) is 0 Å². The van der Waals surface area contributed by atoms with Gasteiger partial charge in [-0.25, -0.2) is 19.1 Å². The van der Waals surface area contributed by atoms with Crippen molar-refractivity contribution in [3.8, 4) is 17.0 Å². The second-order valence-corrected chi connectivity index (χ2v) is 6.52. The van der Waals surface area contributed by atoms with E-state index in [0.717, 1.165) is 34.2 Å². The van der Waals surface area contributed by atoms with E-state index in [1.165, 1.54) is 0 Å². The number of para-hydroxylation sites is 1. The average molecular weight is 447 g/mol. The van der Waals surface area contributed by atoms with E-state index in [1.54, 1.807) is 13.3 Å². The van der Waals surface area contributed by atoms with Crippen molar-refractivity contribution >= 4 is 23.4 Å². The van der Waals surface area contributed by atoms with Gasteiger partial charge in [-0.1, -0.05) is 18.2 Å². The van der Waals surface area contributed by atoms with Gasteiger partial charge in [-0.05, 0) is 36.4 Å². The Morgan fingerprint density at radius 1 is 1.00 bits per heavy atom. The van der Waals surface area contributed by atoms with E-state index >= 15 is 0 Å². The second kappa shape index (κ2) is 11.0. The summed E-state index contributed by atoms with van der Waals surface area (Å²) in [5.74, 6) is -0.968. The van der Waals surface area contributed by atoms with Crippen molar-refractivity contribution in [3.05, 3.63) is 84.8 Å². The van der Waals surface area contributed by atoms with Gasteiger partial charge in [-0.2, -0.15) is 0 Å². The number of methoxy groups -OCH3 is 1. The van der Waals surface area contributed by atoms with Gasteiger partial charge >= 0.3 is 11.9 Å². The van der Waals surface area contributed by atoms with E-state index in [4.69, 9.17) is 14.9 Å². The molecule has 0 amide bonds. The highest BCUT2D eigenvalue weighted by Gasteiger charge is 2.12. The van der Waals surface area contributed by atoms with Crippen LogP contribution in [0.15, 0.2) is 79.1 Å². The zero-order valence-electron chi connectivity index (χ0n) is 17.6. The Morgan fingerprint density at radius 3 is 2.39 bits per heavy atom. The van der Waals surface area contributed by atoms with Crippen LogP contribution < -0.4 is 10.1 Å². The lowest BCUT2D eigenvalue weighted by Crippen LogP contribution is -2.05. The summed E-state index contributed by atoms with van der Waals surface area (Å²) in [6.07, 6.45) is 4.71. The molecular weight excluding hydrogens is 426 g/mol. The number of imidazole rings is 1. The monoisotopic (exact) mass is 447 g/mol. The highest BCUT2D eigenvalue weighted by molar-refractivity contribution is 5.89. The SMILES string of the molecule is COc1ccccc1-c1cnc2ccc(NCc3ccccn3)nn12.O=C(O)/C=C/C(=O)O. The van der Waals surface area contributed by atoms with Gasteiger partial charge in [0.1, 0.15) is 11.6 Å². The third kappa shape index (κ3) is 6.37. The number of anilines is 1. The summed E-state index contributed by atoms with van der Waals surface area (Å²) in [6, 6.07) is 17.5. The summed E-state index contributed by atoms with van der Waals surface area (Å²) >= 11 is 0. The number of benzene rings is 1. The molecule has 0 radical (unpaired) electrons. The van der Waals surface area contributed by atoms with Crippen molar-refractivity contribution in [1.29, 1.82) is 0 Å². The molecule has 0 saturated heterocycles. The first-order valence-electron chi connectivity index (χ1n) is 9.74. The van der Waals surface area contributed by atoms with Crippen molar-refractivity contribution in [2.24, 2.45) is 0 Å². The lowest BCUT2D eigenvalue weighted by atomic mass is 10.1. The summed E-state index contributed by atoms with van der Waals surface area (Å²) in [5, 5.41) is 23.6. The standard InChI is InChI=1S/C19H17N5O.C4H4O4/c1-25-17-8-3-2-7-15(17)16-13-22-19-10-9-18(23-24(16)19)21-12-14-6-4-5-11-20-14;5-3(6)1-2-4(7)8/h2-11,13H,12H2,1H3,(H,21,23);1-2H,(H,5,6)(H,7,8)/b;2-1+. The molecule has 0 atom stereocenters. The number of aliphatic carboxylic acids is 2. The summed E-state index contributed by atoms with van der Waals surface area (Å²) in [7, 11) is 1.66.